The van der Waals surface area contributed by atoms with Gasteiger partial charge in [0.15, 0.2) is 0 Å². The first-order valence-corrected chi connectivity index (χ1v) is 3.80. The summed E-state index contributed by atoms with van der Waals surface area (Å²) in [4.78, 5) is 10.5. The maximum atomic E-state index is 12.9. The average Bonchev–Trinajstić information content (AvgIpc) is 2.04. The van der Waals surface area contributed by atoms with Crippen molar-refractivity contribution in [2.45, 2.75) is 13.0 Å². The number of halogens is 1. The van der Waals surface area contributed by atoms with Crippen molar-refractivity contribution in [3.8, 4) is 0 Å². The van der Waals surface area contributed by atoms with E-state index < -0.39 is 11.8 Å². The van der Waals surface area contributed by atoms with Crippen LogP contribution < -0.4 is 5.73 Å². The van der Waals surface area contributed by atoms with Crippen LogP contribution in [-0.2, 0) is 0 Å². The molecule has 0 bridgehead atoms. The van der Waals surface area contributed by atoms with Gasteiger partial charge in [-0.2, -0.15) is 0 Å². The van der Waals surface area contributed by atoms with E-state index in [0.29, 0.717) is 5.56 Å². The van der Waals surface area contributed by atoms with Gasteiger partial charge in [0.2, 0.25) is 0 Å². The fourth-order valence-corrected chi connectivity index (χ4v) is 0.990. The first-order chi connectivity index (χ1) is 6.02. The number of hydrogen-bond donors (Lipinski definition) is 2. The van der Waals surface area contributed by atoms with Crippen LogP contribution in [0.4, 0.5) is 4.39 Å². The van der Waals surface area contributed by atoms with Crippen LogP contribution in [0, 0.1) is 5.82 Å². The summed E-state index contributed by atoms with van der Waals surface area (Å²) in [7, 11) is 0. The lowest BCUT2D eigenvalue weighted by atomic mass is 10.1. The van der Waals surface area contributed by atoms with E-state index in [1.807, 2.05) is 0 Å². The molecule has 0 aliphatic heterocycles. The molecule has 0 heterocycles. The van der Waals surface area contributed by atoms with Gasteiger partial charge in [-0.3, -0.25) is 0 Å². The molecule has 0 saturated heterocycles. The van der Waals surface area contributed by atoms with Crippen molar-refractivity contribution in [3.63, 3.8) is 0 Å². The summed E-state index contributed by atoms with van der Waals surface area (Å²) in [6.07, 6.45) is 0. The topological polar surface area (TPSA) is 63.3 Å². The van der Waals surface area contributed by atoms with Crippen LogP contribution in [0.5, 0.6) is 0 Å². The highest BCUT2D eigenvalue weighted by Gasteiger charge is 2.11. The molecule has 70 valence electrons. The first-order valence-electron chi connectivity index (χ1n) is 3.80. The van der Waals surface area contributed by atoms with E-state index >= 15 is 0 Å². The Labute approximate surface area is 75.0 Å². The molecule has 0 amide bonds. The molecule has 0 saturated carbocycles. The number of hydrogen-bond acceptors (Lipinski definition) is 2. The Kier molecular flexibility index (Phi) is 2.63. The average molecular weight is 183 g/mol. The Morgan fingerprint density at radius 3 is 2.69 bits per heavy atom. The van der Waals surface area contributed by atoms with Gasteiger partial charge in [-0.05, 0) is 24.6 Å². The lowest BCUT2D eigenvalue weighted by Gasteiger charge is -2.06. The van der Waals surface area contributed by atoms with E-state index in [2.05, 4.69) is 0 Å². The van der Waals surface area contributed by atoms with Gasteiger partial charge in [0.25, 0.3) is 0 Å². The SMILES string of the molecule is C[C@@H](N)c1ccc(F)c(C(=O)O)c1. The molecule has 0 aromatic heterocycles. The zero-order chi connectivity index (χ0) is 10.0. The van der Waals surface area contributed by atoms with Gasteiger partial charge in [0.1, 0.15) is 5.82 Å². The summed E-state index contributed by atoms with van der Waals surface area (Å²) in [6, 6.07) is 3.55. The van der Waals surface area contributed by atoms with Gasteiger partial charge in [-0.15, -0.1) is 0 Å². The number of carbonyl (C=O) groups is 1. The molecule has 4 heteroatoms. The molecule has 3 nitrogen and oxygen atoms in total. The molecule has 1 aromatic carbocycles. The largest absolute Gasteiger partial charge is 0.478 e. The number of carboxylic acids is 1. The standard InChI is InChI=1S/C9H10FNO2/c1-5(11)6-2-3-8(10)7(4-6)9(12)13/h2-5H,11H2,1H3,(H,12,13)/t5-/m1/s1. The Morgan fingerprint density at radius 1 is 1.62 bits per heavy atom. The monoisotopic (exact) mass is 183 g/mol. The quantitative estimate of drug-likeness (QED) is 0.731. The van der Waals surface area contributed by atoms with E-state index in [1.54, 1.807) is 6.92 Å². The second-order valence-electron chi connectivity index (χ2n) is 2.83. The predicted molar refractivity (Wildman–Crippen MR) is 46.0 cm³/mol. The fraction of sp³-hybridized carbons (Fsp3) is 0.222. The lowest BCUT2D eigenvalue weighted by molar-refractivity contribution is 0.0692. The second kappa shape index (κ2) is 3.53. The highest BCUT2D eigenvalue weighted by molar-refractivity contribution is 5.88. The molecule has 3 N–H and O–H groups in total. The van der Waals surface area contributed by atoms with Gasteiger partial charge in [0, 0.05) is 6.04 Å². The molecule has 1 rings (SSSR count). The van der Waals surface area contributed by atoms with Crippen molar-refractivity contribution < 1.29 is 14.3 Å². The smallest absolute Gasteiger partial charge is 0.338 e. The highest BCUT2D eigenvalue weighted by atomic mass is 19.1. The third kappa shape index (κ3) is 2.03. The van der Waals surface area contributed by atoms with Crippen LogP contribution in [0.3, 0.4) is 0 Å². The van der Waals surface area contributed by atoms with Gasteiger partial charge in [0.05, 0.1) is 5.56 Å². The second-order valence-corrected chi connectivity index (χ2v) is 2.83. The van der Waals surface area contributed by atoms with Crippen molar-refractivity contribution in [2.75, 3.05) is 0 Å². The molecule has 1 aromatic rings. The molecular formula is C9H10FNO2. The molecular weight excluding hydrogens is 173 g/mol. The fourth-order valence-electron chi connectivity index (χ4n) is 0.990. The van der Waals surface area contributed by atoms with Crippen molar-refractivity contribution >= 4 is 5.97 Å². The molecule has 0 unspecified atom stereocenters. The summed E-state index contributed by atoms with van der Waals surface area (Å²) in [5.74, 6) is -2.02. The van der Waals surface area contributed by atoms with Crippen molar-refractivity contribution in [2.24, 2.45) is 5.73 Å². The maximum Gasteiger partial charge on any atom is 0.338 e. The first kappa shape index (κ1) is 9.67. The van der Waals surface area contributed by atoms with E-state index in [9.17, 15) is 9.18 Å². The molecule has 0 radical (unpaired) electrons. The zero-order valence-electron chi connectivity index (χ0n) is 7.12. The minimum atomic E-state index is -1.28. The lowest BCUT2D eigenvalue weighted by Crippen LogP contribution is -2.08. The number of benzene rings is 1. The number of aromatic carboxylic acids is 1. The normalized spacial score (nSPS) is 12.5. The Morgan fingerprint density at radius 2 is 2.23 bits per heavy atom. The predicted octanol–water partition coefficient (Wildman–Crippen LogP) is 1.54. The molecule has 0 aliphatic carbocycles. The number of carboxylic acid groups (broad SMARTS) is 1. The summed E-state index contributed by atoms with van der Waals surface area (Å²) in [5.41, 5.74) is 5.79. The summed E-state index contributed by atoms with van der Waals surface area (Å²) in [6.45, 7) is 1.71. The van der Waals surface area contributed by atoms with Crippen LogP contribution >= 0.6 is 0 Å². The number of nitrogens with two attached hydrogens (primary N) is 1. The van der Waals surface area contributed by atoms with Crippen molar-refractivity contribution in [1.29, 1.82) is 0 Å². The Hall–Kier alpha value is -1.42. The third-order valence-electron chi connectivity index (χ3n) is 1.75. The van der Waals surface area contributed by atoms with Crippen LogP contribution in [0.2, 0.25) is 0 Å². The van der Waals surface area contributed by atoms with Crippen LogP contribution in [0.25, 0.3) is 0 Å². The van der Waals surface area contributed by atoms with Gasteiger partial charge >= 0.3 is 5.97 Å². The minimum Gasteiger partial charge on any atom is -0.478 e. The molecule has 0 aliphatic rings. The van der Waals surface area contributed by atoms with E-state index in [-0.39, 0.29) is 11.6 Å². The zero-order valence-corrected chi connectivity index (χ0v) is 7.12. The van der Waals surface area contributed by atoms with Crippen molar-refractivity contribution in [3.05, 3.63) is 35.1 Å². The van der Waals surface area contributed by atoms with Crippen LogP contribution in [-0.4, -0.2) is 11.1 Å². The van der Waals surface area contributed by atoms with E-state index in [4.69, 9.17) is 10.8 Å². The Bertz CT molecular complexity index is 336. The summed E-state index contributed by atoms with van der Waals surface area (Å²) < 4.78 is 12.9. The van der Waals surface area contributed by atoms with Gasteiger partial charge < -0.3 is 10.8 Å². The Balaban J connectivity index is 3.19. The summed E-state index contributed by atoms with van der Waals surface area (Å²) in [5, 5.41) is 8.59. The minimum absolute atomic E-state index is 0.293. The molecule has 13 heavy (non-hydrogen) atoms. The van der Waals surface area contributed by atoms with Crippen LogP contribution in [0.15, 0.2) is 18.2 Å². The van der Waals surface area contributed by atoms with E-state index in [0.717, 1.165) is 6.07 Å². The molecule has 0 fully saturated rings. The molecule has 0 spiro atoms. The van der Waals surface area contributed by atoms with Gasteiger partial charge in [-0.25, -0.2) is 9.18 Å². The van der Waals surface area contributed by atoms with Crippen LogP contribution in [0.1, 0.15) is 28.9 Å². The molecule has 1 atom stereocenters. The van der Waals surface area contributed by atoms with Crippen molar-refractivity contribution in [1.82, 2.24) is 0 Å². The van der Waals surface area contributed by atoms with E-state index in [1.165, 1.54) is 12.1 Å². The summed E-state index contributed by atoms with van der Waals surface area (Å²) >= 11 is 0. The maximum absolute atomic E-state index is 12.9. The number of rotatable bonds is 2. The third-order valence-corrected chi connectivity index (χ3v) is 1.75. The van der Waals surface area contributed by atoms with Gasteiger partial charge in [-0.1, -0.05) is 6.07 Å². The highest BCUT2D eigenvalue weighted by Crippen LogP contribution is 2.15.